The first-order chi connectivity index (χ1) is 11.7. The van der Waals surface area contributed by atoms with Crippen molar-refractivity contribution >= 4 is 5.69 Å². The van der Waals surface area contributed by atoms with Crippen molar-refractivity contribution in [2.24, 2.45) is 0 Å². The van der Waals surface area contributed by atoms with Gasteiger partial charge >= 0.3 is 0 Å². The van der Waals surface area contributed by atoms with Gasteiger partial charge in [0.1, 0.15) is 5.82 Å². The summed E-state index contributed by atoms with van der Waals surface area (Å²) in [6.45, 7) is 8.88. The van der Waals surface area contributed by atoms with Crippen LogP contribution in [0.3, 0.4) is 0 Å². The predicted octanol–water partition coefficient (Wildman–Crippen LogP) is 3.93. The number of piperidine rings is 1. The molecule has 0 aliphatic carbocycles. The first-order valence-corrected chi connectivity index (χ1v) is 9.28. The Kier molecular flexibility index (Phi) is 5.56. The smallest absolute Gasteiger partial charge is 0.110 e. The Labute approximate surface area is 145 Å². The largest absolute Gasteiger partial charge is 0.371 e. The van der Waals surface area contributed by atoms with Gasteiger partial charge < -0.3 is 14.8 Å². The number of nitrogens with zero attached hydrogens (tertiary/aromatic N) is 3. The summed E-state index contributed by atoms with van der Waals surface area (Å²) in [5.41, 5.74) is 2.51. The fourth-order valence-corrected chi connectivity index (χ4v) is 3.70. The molecular formula is C20H30N4. The molecule has 4 nitrogen and oxygen atoms in total. The van der Waals surface area contributed by atoms with E-state index >= 15 is 0 Å². The van der Waals surface area contributed by atoms with Crippen LogP contribution in [0.25, 0.3) is 5.69 Å². The number of aromatic nitrogens is 2. The predicted molar refractivity (Wildman–Crippen MR) is 101 cm³/mol. The monoisotopic (exact) mass is 326 g/mol. The molecule has 1 saturated heterocycles. The third-order valence-corrected chi connectivity index (χ3v) is 5.06. The van der Waals surface area contributed by atoms with E-state index < -0.39 is 0 Å². The summed E-state index contributed by atoms with van der Waals surface area (Å²) in [6.07, 6.45) is 8.86. The number of imidazole rings is 1. The molecule has 0 saturated carbocycles. The number of nitrogens with one attached hydrogen (secondary N) is 1. The summed E-state index contributed by atoms with van der Waals surface area (Å²) in [5, 5.41) is 3.79. The average molecular weight is 326 g/mol. The van der Waals surface area contributed by atoms with E-state index in [2.05, 4.69) is 57.9 Å². The lowest BCUT2D eigenvalue weighted by atomic mass is 10.0. The first-order valence-electron chi connectivity index (χ1n) is 9.28. The maximum absolute atomic E-state index is 4.30. The van der Waals surface area contributed by atoms with Crippen molar-refractivity contribution < 1.29 is 0 Å². The molecule has 0 radical (unpaired) electrons. The normalized spacial score (nSPS) is 17.2. The molecule has 2 aromatic rings. The number of hydrogen-bond donors (Lipinski definition) is 1. The van der Waals surface area contributed by atoms with Crippen LogP contribution >= 0.6 is 0 Å². The molecule has 130 valence electrons. The van der Waals surface area contributed by atoms with Crippen molar-refractivity contribution in [3.63, 3.8) is 0 Å². The fraction of sp³-hybridized carbons (Fsp3) is 0.550. The van der Waals surface area contributed by atoms with Gasteiger partial charge in [0.15, 0.2) is 0 Å². The first kappa shape index (κ1) is 17.0. The van der Waals surface area contributed by atoms with E-state index in [4.69, 9.17) is 0 Å². The van der Waals surface area contributed by atoms with Crippen molar-refractivity contribution in [3.8, 4) is 5.69 Å². The standard InChI is InChI=1S/C20H30N4/c1-4-5-16(2)22-18-10-13-23(14-11-18)19-6-8-20(9-7-19)24-15-12-21-17(24)3/h6-9,12,15-16,18,22H,4-5,10-11,13-14H2,1-3H3. The van der Waals surface area contributed by atoms with E-state index in [1.54, 1.807) is 0 Å². The van der Waals surface area contributed by atoms with Gasteiger partial charge in [0.05, 0.1) is 0 Å². The lowest BCUT2D eigenvalue weighted by Crippen LogP contribution is -2.45. The van der Waals surface area contributed by atoms with Crippen LogP contribution in [0.2, 0.25) is 0 Å². The Morgan fingerprint density at radius 2 is 1.83 bits per heavy atom. The number of benzene rings is 1. The third kappa shape index (κ3) is 3.99. The molecule has 1 atom stereocenters. The molecular weight excluding hydrogens is 296 g/mol. The van der Waals surface area contributed by atoms with Crippen LogP contribution in [-0.2, 0) is 0 Å². The highest BCUT2D eigenvalue weighted by Crippen LogP contribution is 2.22. The van der Waals surface area contributed by atoms with E-state index in [0.29, 0.717) is 12.1 Å². The molecule has 2 heterocycles. The summed E-state index contributed by atoms with van der Waals surface area (Å²) in [7, 11) is 0. The molecule has 0 spiro atoms. The van der Waals surface area contributed by atoms with E-state index in [0.717, 1.165) is 18.9 Å². The highest BCUT2D eigenvalue weighted by atomic mass is 15.1. The molecule has 1 unspecified atom stereocenters. The van der Waals surface area contributed by atoms with Crippen LogP contribution < -0.4 is 10.2 Å². The van der Waals surface area contributed by atoms with E-state index in [1.807, 2.05) is 19.3 Å². The second kappa shape index (κ2) is 7.84. The van der Waals surface area contributed by atoms with Gasteiger partial charge in [-0.05, 0) is 57.4 Å². The summed E-state index contributed by atoms with van der Waals surface area (Å²) >= 11 is 0. The SMILES string of the molecule is CCCC(C)NC1CCN(c2ccc(-n3ccnc3C)cc2)CC1. The minimum absolute atomic E-state index is 0.643. The van der Waals surface area contributed by atoms with Crippen molar-refractivity contribution in [2.45, 2.75) is 58.5 Å². The van der Waals surface area contributed by atoms with Gasteiger partial charge in [-0.2, -0.15) is 0 Å². The van der Waals surface area contributed by atoms with E-state index in [-0.39, 0.29) is 0 Å². The number of aryl methyl sites for hydroxylation is 1. The fourth-order valence-electron chi connectivity index (χ4n) is 3.70. The van der Waals surface area contributed by atoms with Crippen LogP contribution in [-0.4, -0.2) is 34.7 Å². The van der Waals surface area contributed by atoms with Gasteiger partial charge in [0.25, 0.3) is 0 Å². The van der Waals surface area contributed by atoms with Gasteiger partial charge in [-0.3, -0.25) is 0 Å². The highest BCUT2D eigenvalue weighted by Gasteiger charge is 2.20. The Morgan fingerprint density at radius 3 is 2.42 bits per heavy atom. The Balaban J connectivity index is 1.56. The number of hydrogen-bond acceptors (Lipinski definition) is 3. The van der Waals surface area contributed by atoms with E-state index in [1.165, 1.54) is 37.1 Å². The Bertz CT molecular complexity index is 623. The molecule has 1 N–H and O–H groups in total. The minimum Gasteiger partial charge on any atom is -0.371 e. The van der Waals surface area contributed by atoms with Crippen LogP contribution in [0.5, 0.6) is 0 Å². The lowest BCUT2D eigenvalue weighted by Gasteiger charge is -2.35. The maximum atomic E-state index is 4.30. The second-order valence-corrected chi connectivity index (χ2v) is 6.98. The average Bonchev–Trinajstić information content (AvgIpc) is 3.02. The molecule has 0 amide bonds. The molecule has 3 rings (SSSR count). The summed E-state index contributed by atoms with van der Waals surface area (Å²) in [5.74, 6) is 1.02. The summed E-state index contributed by atoms with van der Waals surface area (Å²) in [4.78, 5) is 6.80. The van der Waals surface area contributed by atoms with Crippen molar-refractivity contribution in [1.82, 2.24) is 14.9 Å². The lowest BCUT2D eigenvalue weighted by molar-refractivity contribution is 0.365. The van der Waals surface area contributed by atoms with Crippen LogP contribution in [0.15, 0.2) is 36.7 Å². The Hall–Kier alpha value is -1.81. The van der Waals surface area contributed by atoms with Crippen LogP contribution in [0.1, 0.15) is 45.4 Å². The van der Waals surface area contributed by atoms with Gasteiger partial charge in [-0.15, -0.1) is 0 Å². The van der Waals surface area contributed by atoms with Gasteiger partial charge in [0.2, 0.25) is 0 Å². The quantitative estimate of drug-likeness (QED) is 0.873. The molecule has 1 aliphatic rings. The zero-order valence-electron chi connectivity index (χ0n) is 15.2. The van der Waals surface area contributed by atoms with Gasteiger partial charge in [-0.1, -0.05) is 13.3 Å². The van der Waals surface area contributed by atoms with E-state index in [9.17, 15) is 0 Å². The van der Waals surface area contributed by atoms with Crippen molar-refractivity contribution in [1.29, 1.82) is 0 Å². The second-order valence-electron chi connectivity index (χ2n) is 6.98. The molecule has 1 fully saturated rings. The van der Waals surface area contributed by atoms with Gasteiger partial charge in [-0.25, -0.2) is 4.98 Å². The molecule has 0 bridgehead atoms. The van der Waals surface area contributed by atoms with Crippen LogP contribution in [0, 0.1) is 6.92 Å². The highest BCUT2D eigenvalue weighted by molar-refractivity contribution is 5.51. The topological polar surface area (TPSA) is 33.1 Å². The molecule has 24 heavy (non-hydrogen) atoms. The molecule has 4 heteroatoms. The zero-order chi connectivity index (χ0) is 16.9. The van der Waals surface area contributed by atoms with Crippen molar-refractivity contribution in [3.05, 3.63) is 42.5 Å². The third-order valence-electron chi connectivity index (χ3n) is 5.06. The Morgan fingerprint density at radius 1 is 1.17 bits per heavy atom. The van der Waals surface area contributed by atoms with Gasteiger partial charge in [0, 0.05) is 48.9 Å². The molecule has 1 aromatic heterocycles. The minimum atomic E-state index is 0.643. The maximum Gasteiger partial charge on any atom is 0.110 e. The summed E-state index contributed by atoms with van der Waals surface area (Å²) in [6, 6.07) is 10.2. The number of anilines is 1. The van der Waals surface area contributed by atoms with Crippen LogP contribution in [0.4, 0.5) is 5.69 Å². The van der Waals surface area contributed by atoms with Crippen molar-refractivity contribution in [2.75, 3.05) is 18.0 Å². The number of rotatable bonds is 6. The molecule has 1 aromatic carbocycles. The summed E-state index contributed by atoms with van der Waals surface area (Å²) < 4.78 is 2.12. The molecule has 1 aliphatic heterocycles. The zero-order valence-corrected chi connectivity index (χ0v) is 15.2.